The van der Waals surface area contributed by atoms with E-state index < -0.39 is 0 Å². The molecule has 0 atom stereocenters. The zero-order valence-electron chi connectivity index (χ0n) is 11.5. The number of hydrogen-bond acceptors (Lipinski definition) is 3. The van der Waals surface area contributed by atoms with Crippen molar-refractivity contribution in [2.24, 2.45) is 0 Å². The standard InChI is InChI=1S/C15H12Cl3NO3/c1-21-11-4-2-3-10(7-11)19-14(20)8-22-15-12(17)5-9(16)6-13(15)18/h2-7H,8H2,1H3,(H,19,20). The van der Waals surface area contributed by atoms with Crippen molar-refractivity contribution in [3.8, 4) is 11.5 Å². The number of ether oxygens (including phenoxy) is 2. The molecule has 2 aromatic rings. The van der Waals surface area contributed by atoms with Crippen molar-refractivity contribution in [1.82, 2.24) is 0 Å². The van der Waals surface area contributed by atoms with Crippen LogP contribution in [0, 0.1) is 0 Å². The Bertz CT molecular complexity index is 668. The van der Waals surface area contributed by atoms with Crippen LogP contribution in [0.2, 0.25) is 15.1 Å². The molecule has 2 aromatic carbocycles. The van der Waals surface area contributed by atoms with Crippen LogP contribution in [0.25, 0.3) is 0 Å². The highest BCUT2D eigenvalue weighted by atomic mass is 35.5. The van der Waals surface area contributed by atoms with Gasteiger partial charge in [0.05, 0.1) is 17.2 Å². The Morgan fingerprint density at radius 1 is 1.14 bits per heavy atom. The van der Waals surface area contributed by atoms with Gasteiger partial charge in [-0.25, -0.2) is 0 Å². The van der Waals surface area contributed by atoms with Gasteiger partial charge in [-0.15, -0.1) is 0 Å². The average Bonchev–Trinajstić information content (AvgIpc) is 2.46. The van der Waals surface area contributed by atoms with Crippen LogP contribution in [-0.2, 0) is 4.79 Å². The van der Waals surface area contributed by atoms with Gasteiger partial charge in [-0.05, 0) is 24.3 Å². The van der Waals surface area contributed by atoms with E-state index in [0.717, 1.165) is 0 Å². The fraction of sp³-hybridized carbons (Fsp3) is 0.133. The third kappa shape index (κ3) is 4.44. The maximum Gasteiger partial charge on any atom is 0.262 e. The molecule has 0 aliphatic heterocycles. The highest BCUT2D eigenvalue weighted by molar-refractivity contribution is 6.40. The minimum absolute atomic E-state index is 0.216. The second-order valence-corrected chi connectivity index (χ2v) is 5.52. The summed E-state index contributed by atoms with van der Waals surface area (Å²) in [6.07, 6.45) is 0. The molecule has 0 fully saturated rings. The SMILES string of the molecule is COc1cccc(NC(=O)COc2c(Cl)cc(Cl)cc2Cl)c1. The maximum atomic E-state index is 11.9. The maximum absolute atomic E-state index is 11.9. The van der Waals surface area contributed by atoms with Gasteiger partial charge in [0.2, 0.25) is 0 Å². The predicted molar refractivity (Wildman–Crippen MR) is 88.6 cm³/mol. The molecule has 0 heterocycles. The van der Waals surface area contributed by atoms with Crippen LogP contribution in [-0.4, -0.2) is 19.6 Å². The second kappa shape index (κ2) is 7.58. The zero-order chi connectivity index (χ0) is 16.1. The van der Waals surface area contributed by atoms with Crippen LogP contribution >= 0.6 is 34.8 Å². The highest BCUT2D eigenvalue weighted by Crippen LogP contribution is 2.35. The molecule has 0 aliphatic carbocycles. The van der Waals surface area contributed by atoms with E-state index in [9.17, 15) is 4.79 Å². The van der Waals surface area contributed by atoms with Gasteiger partial charge in [0, 0.05) is 16.8 Å². The first-order valence-corrected chi connectivity index (χ1v) is 7.34. The average molecular weight is 361 g/mol. The topological polar surface area (TPSA) is 47.6 Å². The van der Waals surface area contributed by atoms with Crippen molar-refractivity contribution in [2.45, 2.75) is 0 Å². The first-order valence-electron chi connectivity index (χ1n) is 6.21. The van der Waals surface area contributed by atoms with E-state index in [1.54, 1.807) is 31.4 Å². The summed E-state index contributed by atoms with van der Waals surface area (Å²) < 4.78 is 10.4. The van der Waals surface area contributed by atoms with Crippen LogP contribution in [0.15, 0.2) is 36.4 Å². The molecule has 22 heavy (non-hydrogen) atoms. The number of hydrogen-bond donors (Lipinski definition) is 1. The molecule has 0 unspecified atom stereocenters. The molecule has 1 N–H and O–H groups in total. The Balaban J connectivity index is 1.98. The summed E-state index contributed by atoms with van der Waals surface area (Å²) in [7, 11) is 1.55. The van der Waals surface area contributed by atoms with Crippen LogP contribution in [0.1, 0.15) is 0 Å². The number of carbonyl (C=O) groups excluding carboxylic acids is 1. The van der Waals surface area contributed by atoms with Gasteiger partial charge < -0.3 is 14.8 Å². The fourth-order valence-electron chi connectivity index (χ4n) is 1.70. The van der Waals surface area contributed by atoms with Crippen molar-refractivity contribution in [3.63, 3.8) is 0 Å². The molecular formula is C15H12Cl3NO3. The smallest absolute Gasteiger partial charge is 0.262 e. The second-order valence-electron chi connectivity index (χ2n) is 4.27. The molecule has 0 spiro atoms. The van der Waals surface area contributed by atoms with Gasteiger partial charge in [-0.1, -0.05) is 40.9 Å². The first kappa shape index (κ1) is 16.7. The van der Waals surface area contributed by atoms with E-state index in [1.165, 1.54) is 12.1 Å². The molecule has 0 bridgehead atoms. The number of anilines is 1. The highest BCUT2D eigenvalue weighted by Gasteiger charge is 2.11. The molecule has 116 valence electrons. The van der Waals surface area contributed by atoms with Crippen molar-refractivity contribution in [1.29, 1.82) is 0 Å². The number of methoxy groups -OCH3 is 1. The van der Waals surface area contributed by atoms with Crippen molar-refractivity contribution >= 4 is 46.4 Å². The molecule has 0 radical (unpaired) electrons. The molecule has 2 rings (SSSR count). The van der Waals surface area contributed by atoms with Crippen molar-refractivity contribution in [3.05, 3.63) is 51.5 Å². The third-order valence-corrected chi connectivity index (χ3v) is 3.44. The van der Waals surface area contributed by atoms with Gasteiger partial charge in [0.25, 0.3) is 5.91 Å². The minimum atomic E-state index is -0.352. The van der Waals surface area contributed by atoms with E-state index in [0.29, 0.717) is 16.5 Å². The molecule has 0 saturated heterocycles. The molecule has 7 heteroatoms. The minimum Gasteiger partial charge on any atom is -0.497 e. The summed E-state index contributed by atoms with van der Waals surface area (Å²) in [5, 5.41) is 3.56. The molecule has 0 aromatic heterocycles. The Kier molecular flexibility index (Phi) is 5.77. The van der Waals surface area contributed by atoms with E-state index in [1.807, 2.05) is 0 Å². The van der Waals surface area contributed by atoms with Crippen molar-refractivity contribution in [2.75, 3.05) is 19.0 Å². The lowest BCUT2D eigenvalue weighted by Gasteiger charge is -2.11. The summed E-state index contributed by atoms with van der Waals surface area (Å²) in [6, 6.07) is 9.96. The molecule has 1 amide bonds. The van der Waals surface area contributed by atoms with Gasteiger partial charge in [-0.3, -0.25) is 4.79 Å². The van der Waals surface area contributed by atoms with Crippen molar-refractivity contribution < 1.29 is 14.3 Å². The fourth-order valence-corrected chi connectivity index (χ4v) is 2.63. The largest absolute Gasteiger partial charge is 0.497 e. The van der Waals surface area contributed by atoms with Crippen LogP contribution < -0.4 is 14.8 Å². The molecule has 0 aliphatic rings. The van der Waals surface area contributed by atoms with Crippen LogP contribution in [0.5, 0.6) is 11.5 Å². The number of carbonyl (C=O) groups is 1. The van der Waals surface area contributed by atoms with E-state index in [4.69, 9.17) is 44.3 Å². The summed E-state index contributed by atoms with van der Waals surface area (Å²) in [6.45, 7) is -0.238. The number of halogens is 3. The Morgan fingerprint density at radius 2 is 1.82 bits per heavy atom. The zero-order valence-corrected chi connectivity index (χ0v) is 13.8. The third-order valence-electron chi connectivity index (χ3n) is 2.66. The summed E-state index contributed by atoms with van der Waals surface area (Å²) >= 11 is 17.8. The lowest BCUT2D eigenvalue weighted by molar-refractivity contribution is -0.118. The molecule has 4 nitrogen and oxygen atoms in total. The normalized spacial score (nSPS) is 10.2. The lowest BCUT2D eigenvalue weighted by Crippen LogP contribution is -2.20. The number of benzene rings is 2. The quantitative estimate of drug-likeness (QED) is 0.842. The summed E-state index contributed by atoms with van der Waals surface area (Å²) in [5.74, 6) is 0.506. The molecule has 0 saturated carbocycles. The van der Waals surface area contributed by atoms with E-state index >= 15 is 0 Å². The summed E-state index contributed by atoms with van der Waals surface area (Å²) in [5.41, 5.74) is 0.598. The van der Waals surface area contributed by atoms with E-state index in [-0.39, 0.29) is 28.3 Å². The number of rotatable bonds is 5. The van der Waals surface area contributed by atoms with Gasteiger partial charge in [-0.2, -0.15) is 0 Å². The Morgan fingerprint density at radius 3 is 2.45 bits per heavy atom. The monoisotopic (exact) mass is 359 g/mol. The lowest BCUT2D eigenvalue weighted by atomic mass is 10.3. The number of nitrogens with one attached hydrogen (secondary N) is 1. The predicted octanol–water partition coefficient (Wildman–Crippen LogP) is 4.67. The van der Waals surface area contributed by atoms with E-state index in [2.05, 4.69) is 5.32 Å². The molecular weight excluding hydrogens is 349 g/mol. The Labute approximate surface area is 142 Å². The summed E-state index contributed by atoms with van der Waals surface area (Å²) in [4.78, 5) is 11.9. The van der Waals surface area contributed by atoms with Gasteiger partial charge >= 0.3 is 0 Å². The van der Waals surface area contributed by atoms with Crippen LogP contribution in [0.4, 0.5) is 5.69 Å². The number of amides is 1. The van der Waals surface area contributed by atoms with Crippen LogP contribution in [0.3, 0.4) is 0 Å². The van der Waals surface area contributed by atoms with Gasteiger partial charge in [0.15, 0.2) is 12.4 Å². The Hall–Kier alpha value is -1.62. The first-order chi connectivity index (χ1) is 10.5. The van der Waals surface area contributed by atoms with Gasteiger partial charge in [0.1, 0.15) is 5.75 Å².